The lowest BCUT2D eigenvalue weighted by molar-refractivity contribution is -0.117. The zero-order chi connectivity index (χ0) is 17.3. The van der Waals surface area contributed by atoms with Crippen LogP contribution < -0.4 is 9.80 Å². The Labute approximate surface area is 146 Å². The number of hydrogen-bond acceptors (Lipinski definition) is 5. The third-order valence-corrected chi connectivity index (χ3v) is 5.73. The van der Waals surface area contributed by atoms with E-state index in [1.54, 1.807) is 4.90 Å². The molecular formula is C16H21ClN2O4S. The van der Waals surface area contributed by atoms with E-state index in [2.05, 4.69) is 11.0 Å². The van der Waals surface area contributed by atoms with Crippen LogP contribution in [-0.2, 0) is 18.6 Å². The number of rotatable bonds is 4. The van der Waals surface area contributed by atoms with Gasteiger partial charge in [-0.15, -0.1) is 0 Å². The molecule has 2 aliphatic heterocycles. The molecule has 0 bridgehead atoms. The molecule has 2 saturated heterocycles. The van der Waals surface area contributed by atoms with Crippen LogP contribution in [0, 0.1) is 12.8 Å². The summed E-state index contributed by atoms with van der Waals surface area (Å²) in [6.45, 7) is 5.52. The van der Waals surface area contributed by atoms with Gasteiger partial charge in [0, 0.05) is 54.0 Å². The van der Waals surface area contributed by atoms with E-state index >= 15 is 0 Å². The Bertz CT molecular complexity index is 732. The summed E-state index contributed by atoms with van der Waals surface area (Å²) < 4.78 is 27.9. The lowest BCUT2D eigenvalue weighted by atomic mass is 10.1. The Morgan fingerprint density at radius 1 is 1.29 bits per heavy atom. The second kappa shape index (κ2) is 6.90. The van der Waals surface area contributed by atoms with Crippen LogP contribution >= 0.6 is 10.7 Å². The van der Waals surface area contributed by atoms with Crippen molar-refractivity contribution in [3.8, 4) is 0 Å². The predicted octanol–water partition coefficient (Wildman–Crippen LogP) is 1.75. The molecule has 0 N–H and O–H groups in total. The summed E-state index contributed by atoms with van der Waals surface area (Å²) in [7, 11) is 1.73. The van der Waals surface area contributed by atoms with Gasteiger partial charge >= 0.3 is 0 Å². The van der Waals surface area contributed by atoms with E-state index in [0.717, 1.165) is 43.2 Å². The third-order valence-electron chi connectivity index (χ3n) is 4.49. The van der Waals surface area contributed by atoms with Crippen LogP contribution in [0.15, 0.2) is 18.2 Å². The molecule has 0 aliphatic carbocycles. The summed E-state index contributed by atoms with van der Waals surface area (Å²) in [6, 6.07) is 6.02. The highest BCUT2D eigenvalue weighted by Crippen LogP contribution is 2.31. The molecule has 2 aliphatic rings. The minimum Gasteiger partial charge on any atom is -0.378 e. The molecule has 132 valence electrons. The fourth-order valence-corrected chi connectivity index (χ4v) is 4.69. The van der Waals surface area contributed by atoms with Crippen LogP contribution in [0.4, 0.5) is 11.4 Å². The van der Waals surface area contributed by atoms with Gasteiger partial charge in [-0.25, -0.2) is 8.42 Å². The molecule has 8 heteroatoms. The van der Waals surface area contributed by atoms with Gasteiger partial charge in [-0.05, 0) is 30.7 Å². The minimum atomic E-state index is -3.59. The van der Waals surface area contributed by atoms with Crippen molar-refractivity contribution < 1.29 is 17.9 Å². The smallest absolute Gasteiger partial charge is 0.232 e. The number of hydrogen-bond donors (Lipinski definition) is 0. The first kappa shape index (κ1) is 17.5. The number of ether oxygens (including phenoxy) is 1. The number of halogens is 1. The van der Waals surface area contributed by atoms with Crippen molar-refractivity contribution in [3.63, 3.8) is 0 Å². The van der Waals surface area contributed by atoms with Gasteiger partial charge in [0.15, 0.2) is 0 Å². The molecule has 1 aromatic carbocycles. The first-order valence-electron chi connectivity index (χ1n) is 7.99. The van der Waals surface area contributed by atoms with E-state index in [9.17, 15) is 13.2 Å². The van der Waals surface area contributed by atoms with E-state index < -0.39 is 9.05 Å². The Hall–Kier alpha value is -1.31. The summed E-state index contributed by atoms with van der Waals surface area (Å²) in [4.78, 5) is 16.2. The molecular weight excluding hydrogens is 352 g/mol. The van der Waals surface area contributed by atoms with Crippen molar-refractivity contribution >= 4 is 37.0 Å². The Balaban J connectivity index is 1.76. The Morgan fingerprint density at radius 3 is 2.62 bits per heavy atom. The summed E-state index contributed by atoms with van der Waals surface area (Å²) in [6.07, 6.45) is 0.219. The molecule has 3 rings (SSSR count). The monoisotopic (exact) mass is 372 g/mol. The number of carbonyl (C=O) groups is 1. The van der Waals surface area contributed by atoms with Gasteiger partial charge in [-0.3, -0.25) is 4.79 Å². The normalized spacial score (nSPS) is 22.2. The van der Waals surface area contributed by atoms with Gasteiger partial charge in [0.05, 0.1) is 19.0 Å². The van der Waals surface area contributed by atoms with Crippen LogP contribution in [0.5, 0.6) is 0 Å². The zero-order valence-corrected chi connectivity index (χ0v) is 15.1. The van der Waals surface area contributed by atoms with E-state index in [4.69, 9.17) is 15.4 Å². The van der Waals surface area contributed by atoms with Gasteiger partial charge in [0.1, 0.15) is 0 Å². The van der Waals surface area contributed by atoms with E-state index in [-0.39, 0.29) is 24.0 Å². The number of nitrogens with zero attached hydrogens (tertiary/aromatic N) is 2. The van der Waals surface area contributed by atoms with Crippen molar-refractivity contribution in [2.75, 3.05) is 48.4 Å². The first-order chi connectivity index (χ1) is 11.3. The lowest BCUT2D eigenvalue weighted by Crippen LogP contribution is -2.36. The van der Waals surface area contributed by atoms with Crippen LogP contribution in [0.25, 0.3) is 0 Å². The molecule has 6 nitrogen and oxygen atoms in total. The van der Waals surface area contributed by atoms with Gasteiger partial charge in [0.25, 0.3) is 0 Å². The van der Waals surface area contributed by atoms with Crippen LogP contribution in [0.2, 0.25) is 0 Å². The first-order valence-corrected chi connectivity index (χ1v) is 10.5. The standard InChI is InChI=1S/C16H21ClN2O4S/c1-12-8-14(18-4-6-23-7-5-18)2-3-15(12)19-10-13(9-16(19)20)11-24(17,21)22/h2-3,8,13H,4-7,9-11H2,1H3. The average molecular weight is 373 g/mol. The highest BCUT2D eigenvalue weighted by atomic mass is 35.7. The summed E-state index contributed by atoms with van der Waals surface area (Å²) >= 11 is 0. The molecule has 1 atom stereocenters. The highest BCUT2D eigenvalue weighted by Gasteiger charge is 2.33. The second-order valence-electron chi connectivity index (χ2n) is 6.35. The average Bonchev–Trinajstić information content (AvgIpc) is 2.86. The Morgan fingerprint density at radius 2 is 2.00 bits per heavy atom. The third kappa shape index (κ3) is 4.02. The minimum absolute atomic E-state index is 0.0532. The van der Waals surface area contributed by atoms with Crippen molar-refractivity contribution in [1.29, 1.82) is 0 Å². The lowest BCUT2D eigenvalue weighted by Gasteiger charge is -2.30. The Kier molecular flexibility index (Phi) is 5.03. The van der Waals surface area contributed by atoms with Gasteiger partial charge in [-0.2, -0.15) is 0 Å². The van der Waals surface area contributed by atoms with Crippen molar-refractivity contribution in [3.05, 3.63) is 23.8 Å². The SMILES string of the molecule is Cc1cc(N2CCOCC2)ccc1N1CC(CS(=O)(=O)Cl)CC1=O. The second-order valence-corrected chi connectivity index (χ2v) is 9.17. The molecule has 0 saturated carbocycles. The van der Waals surface area contributed by atoms with Crippen LogP contribution in [0.3, 0.4) is 0 Å². The molecule has 1 aromatic rings. The maximum atomic E-state index is 12.3. The van der Waals surface area contributed by atoms with Crippen molar-refractivity contribution in [1.82, 2.24) is 0 Å². The molecule has 1 unspecified atom stereocenters. The number of amides is 1. The highest BCUT2D eigenvalue weighted by molar-refractivity contribution is 8.13. The van der Waals surface area contributed by atoms with Crippen LogP contribution in [-0.4, -0.2) is 52.9 Å². The van der Waals surface area contributed by atoms with Crippen LogP contribution in [0.1, 0.15) is 12.0 Å². The zero-order valence-electron chi connectivity index (χ0n) is 13.6. The van der Waals surface area contributed by atoms with Gasteiger partial charge < -0.3 is 14.5 Å². The number of benzene rings is 1. The molecule has 1 amide bonds. The van der Waals surface area contributed by atoms with E-state index in [1.165, 1.54) is 0 Å². The predicted molar refractivity (Wildman–Crippen MR) is 94.3 cm³/mol. The van der Waals surface area contributed by atoms with Gasteiger partial charge in [0.2, 0.25) is 15.0 Å². The van der Waals surface area contributed by atoms with Crippen molar-refractivity contribution in [2.24, 2.45) is 5.92 Å². The number of carbonyl (C=O) groups excluding carboxylic acids is 1. The summed E-state index contributed by atoms with van der Waals surface area (Å²) in [5, 5.41) is 0. The maximum absolute atomic E-state index is 12.3. The quantitative estimate of drug-likeness (QED) is 0.753. The molecule has 0 spiro atoms. The summed E-state index contributed by atoms with van der Waals surface area (Å²) in [5.41, 5.74) is 2.96. The molecule has 2 fully saturated rings. The number of morpholine rings is 1. The molecule has 0 radical (unpaired) electrons. The molecule has 24 heavy (non-hydrogen) atoms. The fraction of sp³-hybridized carbons (Fsp3) is 0.562. The van der Waals surface area contributed by atoms with E-state index in [1.807, 2.05) is 19.1 Å². The largest absolute Gasteiger partial charge is 0.378 e. The topological polar surface area (TPSA) is 66.9 Å². The summed E-state index contributed by atoms with van der Waals surface area (Å²) in [5.74, 6) is -0.470. The van der Waals surface area contributed by atoms with Crippen molar-refractivity contribution in [2.45, 2.75) is 13.3 Å². The van der Waals surface area contributed by atoms with E-state index in [0.29, 0.717) is 6.54 Å². The number of anilines is 2. The molecule has 0 aromatic heterocycles. The number of aryl methyl sites for hydroxylation is 1. The maximum Gasteiger partial charge on any atom is 0.232 e. The van der Waals surface area contributed by atoms with Gasteiger partial charge in [-0.1, -0.05) is 0 Å². The molecule has 2 heterocycles. The fourth-order valence-electron chi connectivity index (χ4n) is 3.37.